The summed E-state index contributed by atoms with van der Waals surface area (Å²) in [6.45, 7) is 3.44. The molecule has 2 saturated heterocycles. The van der Waals surface area contributed by atoms with E-state index >= 15 is 0 Å². The maximum absolute atomic E-state index is 13.9. The lowest BCUT2D eigenvalue weighted by atomic mass is 10.1. The van der Waals surface area contributed by atoms with E-state index < -0.39 is 5.82 Å². The van der Waals surface area contributed by atoms with Crippen LogP contribution in [0.2, 0.25) is 0 Å². The molecule has 0 bridgehead atoms. The molecule has 2 heterocycles. The second kappa shape index (κ2) is 11.2. The van der Waals surface area contributed by atoms with E-state index in [0.29, 0.717) is 37.4 Å². The predicted molar refractivity (Wildman–Crippen MR) is 141 cm³/mol. The van der Waals surface area contributed by atoms with Gasteiger partial charge in [0, 0.05) is 56.6 Å². The molecule has 4 amide bonds. The fraction of sp³-hybridized carbons (Fsp3) is 0.464. The molecule has 2 N–H and O–H groups in total. The molecule has 1 saturated carbocycles. The van der Waals surface area contributed by atoms with E-state index in [-0.39, 0.29) is 29.5 Å². The number of amides is 4. The summed E-state index contributed by atoms with van der Waals surface area (Å²) in [6.07, 6.45) is 5.99. The summed E-state index contributed by atoms with van der Waals surface area (Å²) in [4.78, 5) is 44.5. The minimum atomic E-state index is -0.473. The Morgan fingerprint density at radius 3 is 2.19 bits per heavy atom. The summed E-state index contributed by atoms with van der Waals surface area (Å²) in [5, 5.41) is 5.67. The molecule has 0 radical (unpaired) electrons. The van der Waals surface area contributed by atoms with E-state index in [9.17, 15) is 18.8 Å². The largest absolute Gasteiger partial charge is 0.367 e. The van der Waals surface area contributed by atoms with Gasteiger partial charge in [0.15, 0.2) is 0 Å². The zero-order valence-electron chi connectivity index (χ0n) is 21.0. The molecule has 196 valence electrons. The van der Waals surface area contributed by atoms with Gasteiger partial charge in [0.25, 0.3) is 5.91 Å². The summed E-state index contributed by atoms with van der Waals surface area (Å²) in [5.41, 5.74) is 2.19. The van der Waals surface area contributed by atoms with Gasteiger partial charge in [-0.25, -0.2) is 9.18 Å². The Kier molecular flexibility index (Phi) is 7.58. The number of nitrogens with zero attached hydrogens (tertiary/aromatic N) is 3. The number of anilines is 3. The molecule has 3 aliphatic rings. The highest BCUT2D eigenvalue weighted by atomic mass is 19.1. The number of para-hydroxylation sites is 1. The Balaban J connectivity index is 1.29. The van der Waals surface area contributed by atoms with Gasteiger partial charge < -0.3 is 25.3 Å². The van der Waals surface area contributed by atoms with Gasteiger partial charge in [0.2, 0.25) is 5.91 Å². The second-order valence-electron chi connectivity index (χ2n) is 10.1. The SMILES string of the molecule is O=C(Nc1ccc(N2CCN(C(=O)Nc3ccccc3F)CC2)c(C(=O)N2CCCC2)c1)C1CCCC1. The summed E-state index contributed by atoms with van der Waals surface area (Å²) >= 11 is 0. The molecule has 2 aromatic carbocycles. The molecule has 0 unspecified atom stereocenters. The van der Waals surface area contributed by atoms with Crippen LogP contribution in [0, 0.1) is 11.7 Å². The van der Waals surface area contributed by atoms with Crippen LogP contribution in [0.1, 0.15) is 48.9 Å². The molecular formula is C28H34FN5O3. The Morgan fingerprint density at radius 1 is 0.784 bits per heavy atom. The molecule has 5 rings (SSSR count). The smallest absolute Gasteiger partial charge is 0.322 e. The minimum Gasteiger partial charge on any atom is -0.367 e. The minimum absolute atomic E-state index is 0.0239. The second-order valence-corrected chi connectivity index (χ2v) is 10.1. The summed E-state index contributed by atoms with van der Waals surface area (Å²) in [6, 6.07) is 11.3. The number of rotatable bonds is 5. The van der Waals surface area contributed by atoms with Crippen molar-refractivity contribution in [2.45, 2.75) is 38.5 Å². The average molecular weight is 508 g/mol. The molecule has 3 fully saturated rings. The third-order valence-corrected chi connectivity index (χ3v) is 7.64. The van der Waals surface area contributed by atoms with Gasteiger partial charge in [0.05, 0.1) is 11.3 Å². The fourth-order valence-electron chi connectivity index (χ4n) is 5.49. The zero-order chi connectivity index (χ0) is 25.8. The molecular weight excluding hydrogens is 473 g/mol. The first-order valence-corrected chi connectivity index (χ1v) is 13.3. The molecule has 0 aromatic heterocycles. The van der Waals surface area contributed by atoms with Crippen LogP contribution >= 0.6 is 0 Å². The number of halogens is 1. The molecule has 37 heavy (non-hydrogen) atoms. The number of nitrogens with one attached hydrogen (secondary N) is 2. The van der Waals surface area contributed by atoms with Gasteiger partial charge in [-0.1, -0.05) is 25.0 Å². The molecule has 8 nitrogen and oxygen atoms in total. The van der Waals surface area contributed by atoms with Crippen LogP contribution in [0.4, 0.5) is 26.2 Å². The lowest BCUT2D eigenvalue weighted by Crippen LogP contribution is -2.50. The quantitative estimate of drug-likeness (QED) is 0.622. The van der Waals surface area contributed by atoms with Gasteiger partial charge in [-0.05, 0) is 56.0 Å². The number of hydrogen-bond acceptors (Lipinski definition) is 4. The Hall–Kier alpha value is -3.62. The normalized spacial score (nSPS) is 18.2. The van der Waals surface area contributed by atoms with Crippen LogP contribution in [0.25, 0.3) is 0 Å². The third-order valence-electron chi connectivity index (χ3n) is 7.64. The van der Waals surface area contributed by atoms with Crippen molar-refractivity contribution >= 4 is 34.9 Å². The van der Waals surface area contributed by atoms with Gasteiger partial charge in [-0.3, -0.25) is 9.59 Å². The fourth-order valence-corrected chi connectivity index (χ4v) is 5.49. The van der Waals surface area contributed by atoms with Crippen molar-refractivity contribution in [3.05, 3.63) is 53.8 Å². The van der Waals surface area contributed by atoms with Crippen molar-refractivity contribution in [3.8, 4) is 0 Å². The highest BCUT2D eigenvalue weighted by Crippen LogP contribution is 2.30. The first kappa shape index (κ1) is 25.0. The van der Waals surface area contributed by atoms with Crippen molar-refractivity contribution in [3.63, 3.8) is 0 Å². The van der Waals surface area contributed by atoms with E-state index in [1.807, 2.05) is 17.0 Å². The lowest BCUT2D eigenvalue weighted by Gasteiger charge is -2.37. The highest BCUT2D eigenvalue weighted by Gasteiger charge is 2.29. The predicted octanol–water partition coefficient (Wildman–Crippen LogP) is 4.54. The number of carbonyl (C=O) groups excluding carboxylic acids is 3. The van der Waals surface area contributed by atoms with E-state index in [1.54, 1.807) is 23.1 Å². The Labute approximate surface area is 216 Å². The van der Waals surface area contributed by atoms with Crippen LogP contribution in [0.5, 0.6) is 0 Å². The maximum Gasteiger partial charge on any atom is 0.322 e. The Morgan fingerprint density at radius 2 is 1.49 bits per heavy atom. The monoisotopic (exact) mass is 507 g/mol. The molecule has 0 spiro atoms. The van der Waals surface area contributed by atoms with Crippen molar-refractivity contribution in [1.82, 2.24) is 9.80 Å². The topological polar surface area (TPSA) is 85.0 Å². The molecule has 2 aliphatic heterocycles. The van der Waals surface area contributed by atoms with Crippen molar-refractivity contribution < 1.29 is 18.8 Å². The zero-order valence-corrected chi connectivity index (χ0v) is 21.0. The summed E-state index contributed by atoms with van der Waals surface area (Å²) in [7, 11) is 0. The van der Waals surface area contributed by atoms with Gasteiger partial charge >= 0.3 is 6.03 Å². The van der Waals surface area contributed by atoms with Crippen LogP contribution < -0.4 is 15.5 Å². The molecule has 2 aromatic rings. The molecule has 0 atom stereocenters. The van der Waals surface area contributed by atoms with Crippen LogP contribution in [-0.4, -0.2) is 66.9 Å². The number of piperazine rings is 1. The van der Waals surface area contributed by atoms with Crippen LogP contribution in [-0.2, 0) is 4.79 Å². The van der Waals surface area contributed by atoms with E-state index in [2.05, 4.69) is 15.5 Å². The summed E-state index contributed by atoms with van der Waals surface area (Å²) < 4.78 is 13.9. The Bertz CT molecular complexity index is 1150. The summed E-state index contributed by atoms with van der Waals surface area (Å²) in [5.74, 6) is -0.427. The number of hydrogen-bond donors (Lipinski definition) is 2. The van der Waals surface area contributed by atoms with Gasteiger partial charge in [-0.2, -0.15) is 0 Å². The maximum atomic E-state index is 13.9. The third kappa shape index (κ3) is 5.70. The van der Waals surface area contributed by atoms with Crippen LogP contribution in [0.15, 0.2) is 42.5 Å². The highest BCUT2D eigenvalue weighted by molar-refractivity contribution is 6.02. The average Bonchev–Trinajstić information content (AvgIpc) is 3.65. The number of urea groups is 1. The molecule has 9 heteroatoms. The van der Waals surface area contributed by atoms with Crippen molar-refractivity contribution in [1.29, 1.82) is 0 Å². The first-order valence-electron chi connectivity index (χ1n) is 13.3. The number of carbonyl (C=O) groups is 3. The molecule has 1 aliphatic carbocycles. The van der Waals surface area contributed by atoms with Gasteiger partial charge in [0.1, 0.15) is 5.82 Å². The van der Waals surface area contributed by atoms with E-state index in [1.165, 1.54) is 12.1 Å². The van der Waals surface area contributed by atoms with Gasteiger partial charge in [-0.15, -0.1) is 0 Å². The van der Waals surface area contributed by atoms with Crippen molar-refractivity contribution in [2.24, 2.45) is 5.92 Å². The lowest BCUT2D eigenvalue weighted by molar-refractivity contribution is -0.119. The van der Waals surface area contributed by atoms with Crippen molar-refractivity contribution in [2.75, 3.05) is 54.8 Å². The number of benzene rings is 2. The van der Waals surface area contributed by atoms with Crippen LogP contribution in [0.3, 0.4) is 0 Å². The van der Waals surface area contributed by atoms with E-state index in [4.69, 9.17) is 0 Å². The van der Waals surface area contributed by atoms with E-state index in [0.717, 1.165) is 57.3 Å². The number of likely N-dealkylation sites (tertiary alicyclic amines) is 1. The standard InChI is InChI=1S/C28H34FN5O3/c29-23-9-3-4-10-24(23)31-28(37)34-17-15-32(16-18-34)25-12-11-21(30-26(35)20-7-1-2-8-20)19-22(25)27(36)33-13-5-6-14-33/h3-4,9-12,19-20H,1-2,5-8,13-18H2,(H,30,35)(H,31,37). The first-order chi connectivity index (χ1) is 18.0.